The van der Waals surface area contributed by atoms with E-state index in [1.54, 1.807) is 19.1 Å². The number of amides is 1. The summed E-state index contributed by atoms with van der Waals surface area (Å²) in [7, 11) is 0. The first-order chi connectivity index (χ1) is 11.0. The fraction of sp³-hybridized carbons (Fsp3) is 0.412. The Morgan fingerprint density at radius 1 is 1.35 bits per heavy atom. The lowest BCUT2D eigenvalue weighted by molar-refractivity contribution is 0.0841. The van der Waals surface area contributed by atoms with Crippen molar-refractivity contribution in [1.82, 2.24) is 10.5 Å². The Morgan fingerprint density at radius 3 is 2.70 bits per heavy atom. The van der Waals surface area contributed by atoms with Gasteiger partial charge in [-0.2, -0.15) is 0 Å². The maximum atomic E-state index is 12.3. The quantitative estimate of drug-likeness (QED) is 0.818. The summed E-state index contributed by atoms with van der Waals surface area (Å²) in [5.41, 5.74) is 0.984. The Balaban J connectivity index is 1.85. The number of carbonyl (C=O) groups is 1. The van der Waals surface area contributed by atoms with E-state index >= 15 is 0 Å². The number of ether oxygens (including phenoxy) is 1. The minimum atomic E-state index is -0.804. The van der Waals surface area contributed by atoms with E-state index in [1.165, 1.54) is 0 Å². The number of hydrogen-bond donors (Lipinski definition) is 2. The Hall–Kier alpha value is -2.34. The van der Waals surface area contributed by atoms with Gasteiger partial charge in [-0.05, 0) is 19.1 Å². The Bertz CT molecular complexity index is 637. The topological polar surface area (TPSA) is 84.6 Å². The molecule has 1 aromatic carbocycles. The lowest BCUT2D eigenvalue weighted by Gasteiger charge is -2.13. The molecule has 124 valence electrons. The fourth-order valence-corrected chi connectivity index (χ4v) is 2.12. The Labute approximate surface area is 135 Å². The third kappa shape index (κ3) is 4.56. The summed E-state index contributed by atoms with van der Waals surface area (Å²) in [6.45, 7) is 5.77. The molecule has 0 bridgehead atoms. The molecule has 0 spiro atoms. The molecule has 0 fully saturated rings. The zero-order chi connectivity index (χ0) is 16.8. The van der Waals surface area contributed by atoms with Crippen molar-refractivity contribution in [2.24, 2.45) is 0 Å². The highest BCUT2D eigenvalue weighted by Gasteiger charge is 2.22. The fourth-order valence-electron chi connectivity index (χ4n) is 2.12. The highest BCUT2D eigenvalue weighted by Crippen LogP contribution is 2.21. The monoisotopic (exact) mass is 318 g/mol. The standard InChI is InChI=1S/C17H22N2O4/c1-11(2)16-15(12(3)19-23-16)17(21)18-9-13(20)10-22-14-7-5-4-6-8-14/h4-8,11,13,20H,9-10H2,1-3H3,(H,18,21). The van der Waals surface area contributed by atoms with Gasteiger partial charge in [-0.25, -0.2) is 0 Å². The third-order valence-electron chi connectivity index (χ3n) is 3.32. The molecule has 0 aliphatic rings. The van der Waals surface area contributed by atoms with E-state index in [9.17, 15) is 9.90 Å². The minimum Gasteiger partial charge on any atom is -0.491 e. The van der Waals surface area contributed by atoms with Crippen LogP contribution in [0, 0.1) is 6.92 Å². The molecule has 1 amide bonds. The number of carbonyl (C=O) groups excluding carboxylic acids is 1. The van der Waals surface area contributed by atoms with Gasteiger partial charge in [-0.1, -0.05) is 37.2 Å². The molecule has 23 heavy (non-hydrogen) atoms. The Kier molecular flexibility index (Phi) is 5.76. The second kappa shape index (κ2) is 7.78. The van der Waals surface area contributed by atoms with E-state index in [0.29, 0.717) is 22.8 Å². The number of benzene rings is 1. The van der Waals surface area contributed by atoms with Crippen molar-refractivity contribution in [3.05, 3.63) is 47.3 Å². The maximum absolute atomic E-state index is 12.3. The first kappa shape index (κ1) is 17.0. The number of nitrogens with zero attached hydrogens (tertiary/aromatic N) is 1. The summed E-state index contributed by atoms with van der Waals surface area (Å²) in [4.78, 5) is 12.3. The van der Waals surface area contributed by atoms with Gasteiger partial charge in [0.2, 0.25) is 0 Å². The zero-order valence-corrected chi connectivity index (χ0v) is 13.6. The largest absolute Gasteiger partial charge is 0.491 e. The highest BCUT2D eigenvalue weighted by atomic mass is 16.5. The molecule has 2 rings (SSSR count). The number of nitrogens with one attached hydrogen (secondary N) is 1. The molecule has 0 aliphatic heterocycles. The molecule has 2 aromatic rings. The van der Waals surface area contributed by atoms with Gasteiger partial charge in [0.15, 0.2) is 5.76 Å². The van der Waals surface area contributed by atoms with Gasteiger partial charge in [0.05, 0.1) is 5.69 Å². The summed E-state index contributed by atoms with van der Waals surface area (Å²) < 4.78 is 10.6. The van der Waals surface area contributed by atoms with Gasteiger partial charge in [0.25, 0.3) is 5.91 Å². The van der Waals surface area contributed by atoms with Crippen LogP contribution in [0.3, 0.4) is 0 Å². The normalized spacial score (nSPS) is 12.2. The van der Waals surface area contributed by atoms with Crippen molar-refractivity contribution in [3.8, 4) is 5.75 Å². The van der Waals surface area contributed by atoms with Crippen molar-refractivity contribution in [2.75, 3.05) is 13.2 Å². The first-order valence-corrected chi connectivity index (χ1v) is 7.59. The van der Waals surface area contributed by atoms with E-state index in [4.69, 9.17) is 9.26 Å². The van der Waals surface area contributed by atoms with Crippen molar-refractivity contribution in [1.29, 1.82) is 0 Å². The van der Waals surface area contributed by atoms with Crippen molar-refractivity contribution in [3.63, 3.8) is 0 Å². The second-order valence-corrected chi connectivity index (χ2v) is 5.65. The number of aromatic nitrogens is 1. The molecular weight excluding hydrogens is 296 g/mol. The number of hydrogen-bond acceptors (Lipinski definition) is 5. The van der Waals surface area contributed by atoms with Gasteiger partial charge in [0.1, 0.15) is 24.0 Å². The highest BCUT2D eigenvalue weighted by molar-refractivity contribution is 5.96. The number of aliphatic hydroxyl groups excluding tert-OH is 1. The van der Waals surface area contributed by atoms with Crippen LogP contribution < -0.4 is 10.1 Å². The molecular formula is C17H22N2O4. The minimum absolute atomic E-state index is 0.0586. The molecule has 6 nitrogen and oxygen atoms in total. The molecule has 0 saturated carbocycles. The number of para-hydroxylation sites is 1. The van der Waals surface area contributed by atoms with E-state index < -0.39 is 6.10 Å². The number of aryl methyl sites for hydroxylation is 1. The van der Waals surface area contributed by atoms with Crippen LogP contribution in [0.25, 0.3) is 0 Å². The van der Waals surface area contributed by atoms with Gasteiger partial charge < -0.3 is 19.7 Å². The molecule has 1 atom stereocenters. The van der Waals surface area contributed by atoms with Crippen LogP contribution >= 0.6 is 0 Å². The zero-order valence-electron chi connectivity index (χ0n) is 13.6. The lowest BCUT2D eigenvalue weighted by Crippen LogP contribution is -2.35. The predicted octanol–water partition coefficient (Wildman–Crippen LogP) is 2.28. The molecule has 2 N–H and O–H groups in total. The van der Waals surface area contributed by atoms with Crippen LogP contribution in [-0.4, -0.2) is 35.4 Å². The lowest BCUT2D eigenvalue weighted by atomic mass is 10.0. The van der Waals surface area contributed by atoms with Crippen LogP contribution in [0.2, 0.25) is 0 Å². The van der Waals surface area contributed by atoms with Crippen LogP contribution in [0.1, 0.15) is 41.6 Å². The van der Waals surface area contributed by atoms with Gasteiger partial charge >= 0.3 is 0 Å². The summed E-state index contributed by atoms with van der Waals surface area (Å²) >= 11 is 0. The summed E-state index contributed by atoms with van der Waals surface area (Å²) in [6.07, 6.45) is -0.804. The van der Waals surface area contributed by atoms with Crippen LogP contribution in [0.5, 0.6) is 5.75 Å². The number of aliphatic hydroxyl groups is 1. The van der Waals surface area contributed by atoms with E-state index in [-0.39, 0.29) is 25.0 Å². The molecule has 0 saturated heterocycles. The SMILES string of the molecule is Cc1noc(C(C)C)c1C(=O)NCC(O)COc1ccccc1. The van der Waals surface area contributed by atoms with E-state index in [1.807, 2.05) is 32.0 Å². The average molecular weight is 318 g/mol. The molecule has 6 heteroatoms. The summed E-state index contributed by atoms with van der Waals surface area (Å²) in [5, 5.41) is 16.5. The van der Waals surface area contributed by atoms with E-state index in [2.05, 4.69) is 10.5 Å². The van der Waals surface area contributed by atoms with Crippen LogP contribution in [0.15, 0.2) is 34.9 Å². The first-order valence-electron chi connectivity index (χ1n) is 7.59. The van der Waals surface area contributed by atoms with Gasteiger partial charge in [0, 0.05) is 12.5 Å². The predicted molar refractivity (Wildman–Crippen MR) is 85.6 cm³/mol. The van der Waals surface area contributed by atoms with Gasteiger partial charge in [-0.15, -0.1) is 0 Å². The second-order valence-electron chi connectivity index (χ2n) is 5.65. The van der Waals surface area contributed by atoms with Crippen LogP contribution in [-0.2, 0) is 0 Å². The molecule has 0 aliphatic carbocycles. The molecule has 1 heterocycles. The van der Waals surface area contributed by atoms with Gasteiger partial charge in [-0.3, -0.25) is 4.79 Å². The average Bonchev–Trinajstić information content (AvgIpc) is 2.93. The summed E-state index contributed by atoms with van der Waals surface area (Å²) in [6, 6.07) is 9.20. The van der Waals surface area contributed by atoms with Crippen molar-refractivity contribution < 1.29 is 19.2 Å². The van der Waals surface area contributed by atoms with E-state index in [0.717, 1.165) is 0 Å². The molecule has 1 aromatic heterocycles. The number of rotatable bonds is 7. The third-order valence-corrected chi connectivity index (χ3v) is 3.32. The van der Waals surface area contributed by atoms with Crippen LogP contribution in [0.4, 0.5) is 0 Å². The Morgan fingerprint density at radius 2 is 2.04 bits per heavy atom. The molecule has 1 unspecified atom stereocenters. The smallest absolute Gasteiger partial charge is 0.256 e. The summed E-state index contributed by atoms with van der Waals surface area (Å²) in [5.74, 6) is 0.986. The maximum Gasteiger partial charge on any atom is 0.256 e. The van der Waals surface area contributed by atoms with Crippen molar-refractivity contribution in [2.45, 2.75) is 32.8 Å². The molecule has 0 radical (unpaired) electrons. The van der Waals surface area contributed by atoms with Crippen molar-refractivity contribution >= 4 is 5.91 Å².